The molecule has 7 heteroatoms. The van der Waals surface area contributed by atoms with E-state index < -0.39 is 23.8 Å². The fourth-order valence-corrected chi connectivity index (χ4v) is 3.12. The van der Waals surface area contributed by atoms with Gasteiger partial charge >= 0.3 is 5.97 Å². The van der Waals surface area contributed by atoms with E-state index in [4.69, 9.17) is 4.74 Å². The molecule has 0 aliphatic heterocycles. The van der Waals surface area contributed by atoms with Crippen LogP contribution in [0, 0.1) is 5.92 Å². The van der Waals surface area contributed by atoms with E-state index in [1.807, 2.05) is 30.3 Å². The third kappa shape index (κ3) is 7.08. The van der Waals surface area contributed by atoms with Crippen molar-refractivity contribution in [2.75, 3.05) is 6.61 Å². The molecule has 2 atom stereocenters. The summed E-state index contributed by atoms with van der Waals surface area (Å²) in [6.45, 7) is 3.25. The Hall–Kier alpha value is -3.06. The number of hydrogen-bond donors (Lipinski definition) is 4. The first-order chi connectivity index (χ1) is 14.3. The van der Waals surface area contributed by atoms with Crippen LogP contribution < -0.4 is 5.32 Å². The molecule has 0 saturated carbocycles. The molecule has 0 aliphatic carbocycles. The monoisotopic (exact) mass is 415 g/mol. The number of carbonyl (C=O) groups excluding carboxylic acids is 2. The number of nitrogens with one attached hydrogen (secondary N) is 1. The second-order valence-corrected chi connectivity index (χ2v) is 7.46. The highest BCUT2D eigenvalue weighted by Crippen LogP contribution is 2.26. The normalized spacial score (nSPS) is 12.9. The number of aromatic hydroxyl groups is 2. The van der Waals surface area contributed by atoms with Crippen LogP contribution in [0.15, 0.2) is 48.5 Å². The van der Waals surface area contributed by atoms with Crippen LogP contribution in [-0.2, 0) is 27.2 Å². The van der Waals surface area contributed by atoms with Crippen molar-refractivity contribution in [3.8, 4) is 11.5 Å². The minimum atomic E-state index is -0.878. The van der Waals surface area contributed by atoms with Gasteiger partial charge in [0.25, 0.3) is 0 Å². The highest BCUT2D eigenvalue weighted by atomic mass is 16.5. The van der Waals surface area contributed by atoms with E-state index >= 15 is 0 Å². The Morgan fingerprint density at radius 1 is 1.03 bits per heavy atom. The van der Waals surface area contributed by atoms with Gasteiger partial charge in [0.15, 0.2) is 0 Å². The number of phenolic OH excluding ortho intramolecular Hbond substituents is 2. The standard InChI is InChI=1S/C23H29NO6/c1-15(2)30-23(29)20(12-16-6-4-3-5-7-16)24-22(28)18(10-11-25)13-17-8-9-19(26)14-21(17)27/h3-9,14-15,18,20,25-27H,10-13H2,1-2H3,(H,24,28). The quantitative estimate of drug-likeness (QED) is 0.443. The van der Waals surface area contributed by atoms with Crippen molar-refractivity contribution in [2.24, 2.45) is 5.92 Å². The molecule has 0 bridgehead atoms. The van der Waals surface area contributed by atoms with E-state index in [1.54, 1.807) is 13.8 Å². The molecule has 2 rings (SSSR count). The maximum atomic E-state index is 12.9. The number of phenols is 2. The SMILES string of the molecule is CC(C)OC(=O)C(Cc1ccccc1)NC(=O)C(CCO)Cc1ccc(O)cc1O. The van der Waals surface area contributed by atoms with Crippen LogP contribution in [0.1, 0.15) is 31.4 Å². The second kappa shape index (κ2) is 11.2. The fourth-order valence-electron chi connectivity index (χ4n) is 3.12. The average molecular weight is 415 g/mol. The van der Waals surface area contributed by atoms with Crippen LogP contribution in [0.25, 0.3) is 0 Å². The van der Waals surface area contributed by atoms with Gasteiger partial charge < -0.3 is 25.4 Å². The van der Waals surface area contributed by atoms with Crippen molar-refractivity contribution in [2.45, 2.75) is 45.3 Å². The van der Waals surface area contributed by atoms with E-state index in [9.17, 15) is 24.9 Å². The molecule has 7 nitrogen and oxygen atoms in total. The average Bonchev–Trinajstić information content (AvgIpc) is 2.69. The van der Waals surface area contributed by atoms with Crippen molar-refractivity contribution < 1.29 is 29.6 Å². The van der Waals surface area contributed by atoms with Crippen molar-refractivity contribution in [1.29, 1.82) is 0 Å². The van der Waals surface area contributed by atoms with Crippen LogP contribution >= 0.6 is 0 Å². The summed E-state index contributed by atoms with van der Waals surface area (Å²) in [6.07, 6.45) is 0.253. The van der Waals surface area contributed by atoms with Crippen molar-refractivity contribution in [1.82, 2.24) is 5.32 Å². The minimum absolute atomic E-state index is 0.0845. The molecule has 4 N–H and O–H groups in total. The summed E-state index contributed by atoms with van der Waals surface area (Å²) < 4.78 is 5.30. The molecule has 0 radical (unpaired) electrons. The second-order valence-electron chi connectivity index (χ2n) is 7.46. The number of benzene rings is 2. The lowest BCUT2D eigenvalue weighted by atomic mass is 9.94. The summed E-state index contributed by atoms with van der Waals surface area (Å²) in [4.78, 5) is 25.5. The number of aliphatic hydroxyl groups excluding tert-OH is 1. The third-order valence-corrected chi connectivity index (χ3v) is 4.62. The minimum Gasteiger partial charge on any atom is -0.508 e. The molecular weight excluding hydrogens is 386 g/mol. The van der Waals surface area contributed by atoms with Gasteiger partial charge in [-0.25, -0.2) is 4.79 Å². The predicted molar refractivity (Wildman–Crippen MR) is 112 cm³/mol. The van der Waals surface area contributed by atoms with Crippen LogP contribution in [0.5, 0.6) is 11.5 Å². The first-order valence-electron chi connectivity index (χ1n) is 9.96. The van der Waals surface area contributed by atoms with Crippen LogP contribution in [-0.4, -0.2) is 45.9 Å². The number of ether oxygens (including phenoxy) is 1. The summed E-state index contributed by atoms with van der Waals surface area (Å²) >= 11 is 0. The number of rotatable bonds is 10. The van der Waals surface area contributed by atoms with Crippen LogP contribution in [0.4, 0.5) is 0 Å². The van der Waals surface area contributed by atoms with Crippen molar-refractivity contribution in [3.05, 3.63) is 59.7 Å². The van der Waals surface area contributed by atoms with Gasteiger partial charge in [0.05, 0.1) is 6.10 Å². The number of aliphatic hydroxyl groups is 1. The smallest absolute Gasteiger partial charge is 0.329 e. The highest BCUT2D eigenvalue weighted by Gasteiger charge is 2.28. The highest BCUT2D eigenvalue weighted by molar-refractivity contribution is 5.86. The molecule has 162 valence electrons. The molecule has 0 aromatic heterocycles. The van der Waals surface area contributed by atoms with Crippen LogP contribution in [0.3, 0.4) is 0 Å². The summed E-state index contributed by atoms with van der Waals surface area (Å²) in [6, 6.07) is 12.6. The van der Waals surface area contributed by atoms with Gasteiger partial charge in [-0.1, -0.05) is 36.4 Å². The molecule has 0 fully saturated rings. The molecule has 30 heavy (non-hydrogen) atoms. The number of amides is 1. The van der Waals surface area contributed by atoms with Crippen molar-refractivity contribution in [3.63, 3.8) is 0 Å². The van der Waals surface area contributed by atoms with E-state index in [0.717, 1.165) is 5.56 Å². The van der Waals surface area contributed by atoms with E-state index in [2.05, 4.69) is 5.32 Å². The lowest BCUT2D eigenvalue weighted by Gasteiger charge is -2.23. The van der Waals surface area contributed by atoms with Gasteiger partial charge in [-0.15, -0.1) is 0 Å². The van der Waals surface area contributed by atoms with Gasteiger partial charge in [0.2, 0.25) is 5.91 Å². The summed E-state index contributed by atoms with van der Waals surface area (Å²) in [7, 11) is 0. The summed E-state index contributed by atoms with van der Waals surface area (Å²) in [5.74, 6) is -1.84. The Labute approximate surface area is 176 Å². The van der Waals surface area contributed by atoms with E-state index in [0.29, 0.717) is 5.56 Å². The fraction of sp³-hybridized carbons (Fsp3) is 0.391. The Kier molecular flexibility index (Phi) is 8.68. The third-order valence-electron chi connectivity index (χ3n) is 4.62. The Morgan fingerprint density at radius 3 is 2.33 bits per heavy atom. The van der Waals surface area contributed by atoms with Gasteiger partial charge in [-0.3, -0.25) is 4.79 Å². The molecule has 0 saturated heterocycles. The van der Waals surface area contributed by atoms with E-state index in [1.165, 1.54) is 18.2 Å². The Bertz CT molecular complexity index is 837. The largest absolute Gasteiger partial charge is 0.508 e. The Balaban J connectivity index is 2.17. The maximum absolute atomic E-state index is 12.9. The first kappa shape index (κ1) is 23.2. The number of hydrogen-bond acceptors (Lipinski definition) is 6. The Morgan fingerprint density at radius 2 is 1.73 bits per heavy atom. The molecule has 0 aliphatic rings. The van der Waals surface area contributed by atoms with Crippen molar-refractivity contribution >= 4 is 11.9 Å². The van der Waals surface area contributed by atoms with Gasteiger partial charge in [-0.2, -0.15) is 0 Å². The maximum Gasteiger partial charge on any atom is 0.329 e. The zero-order valence-corrected chi connectivity index (χ0v) is 17.2. The zero-order valence-electron chi connectivity index (χ0n) is 17.2. The lowest BCUT2D eigenvalue weighted by molar-refractivity contribution is -0.151. The summed E-state index contributed by atoms with van der Waals surface area (Å²) in [5, 5.41) is 31.6. The first-order valence-corrected chi connectivity index (χ1v) is 9.96. The molecular formula is C23H29NO6. The summed E-state index contributed by atoms with van der Waals surface area (Å²) in [5.41, 5.74) is 1.34. The van der Waals surface area contributed by atoms with Crippen LogP contribution in [0.2, 0.25) is 0 Å². The lowest BCUT2D eigenvalue weighted by Crippen LogP contribution is -2.46. The van der Waals surface area contributed by atoms with Gasteiger partial charge in [0.1, 0.15) is 17.5 Å². The number of esters is 1. The van der Waals surface area contributed by atoms with Gasteiger partial charge in [0, 0.05) is 25.0 Å². The van der Waals surface area contributed by atoms with Gasteiger partial charge in [-0.05, 0) is 43.9 Å². The molecule has 2 aromatic carbocycles. The van der Waals surface area contributed by atoms with E-state index in [-0.39, 0.29) is 43.5 Å². The molecule has 0 heterocycles. The topological polar surface area (TPSA) is 116 Å². The molecule has 2 unspecified atom stereocenters. The zero-order chi connectivity index (χ0) is 22.1. The molecule has 0 spiro atoms. The molecule has 1 amide bonds. The number of carbonyl (C=O) groups is 2. The molecule has 2 aromatic rings. The predicted octanol–water partition coefficient (Wildman–Crippen LogP) is 2.32.